The van der Waals surface area contributed by atoms with E-state index in [-0.39, 0.29) is 28.1 Å². The molecular formula is C21H25FN2O4S2. The second-order valence-corrected chi connectivity index (χ2v) is 9.79. The maximum atomic E-state index is 14.1. The highest BCUT2D eigenvalue weighted by Crippen LogP contribution is 2.38. The third-order valence-electron chi connectivity index (χ3n) is 5.08. The first-order valence-electron chi connectivity index (χ1n) is 9.73. The zero-order valence-electron chi connectivity index (χ0n) is 17.1. The average molecular weight is 453 g/mol. The van der Waals surface area contributed by atoms with Crippen LogP contribution in [0.1, 0.15) is 42.2 Å². The molecule has 2 aromatic carbocycles. The van der Waals surface area contributed by atoms with Crippen molar-refractivity contribution >= 4 is 27.7 Å². The summed E-state index contributed by atoms with van der Waals surface area (Å²) in [6.45, 7) is 4.12. The number of methoxy groups -OCH3 is 1. The summed E-state index contributed by atoms with van der Waals surface area (Å²) in [4.78, 5) is 13.4. The lowest BCUT2D eigenvalue weighted by Gasteiger charge is -2.26. The SMILES string of the molecule is CCN(CC)S(=O)(=O)c1cc(C(=O)NC2CCSc3c(F)cccc32)ccc1OC. The highest BCUT2D eigenvalue weighted by atomic mass is 32.2. The van der Waals surface area contributed by atoms with Crippen molar-refractivity contribution in [2.24, 2.45) is 0 Å². The van der Waals surface area contributed by atoms with Crippen LogP contribution in [-0.4, -0.2) is 44.6 Å². The molecule has 9 heteroatoms. The monoisotopic (exact) mass is 452 g/mol. The Kier molecular flexibility index (Phi) is 7.05. The molecule has 1 unspecified atom stereocenters. The Labute approximate surface area is 180 Å². The topological polar surface area (TPSA) is 75.7 Å². The van der Waals surface area contributed by atoms with Gasteiger partial charge in [0.15, 0.2) is 0 Å². The number of carbonyl (C=O) groups is 1. The Morgan fingerprint density at radius 2 is 2.00 bits per heavy atom. The van der Waals surface area contributed by atoms with Crippen LogP contribution in [0.5, 0.6) is 5.75 Å². The lowest BCUT2D eigenvalue weighted by Crippen LogP contribution is -2.32. The number of benzene rings is 2. The molecule has 2 aromatic rings. The molecule has 1 atom stereocenters. The predicted octanol–water partition coefficient (Wildman–Crippen LogP) is 3.83. The van der Waals surface area contributed by atoms with Crippen molar-refractivity contribution in [2.75, 3.05) is 26.0 Å². The molecule has 1 N–H and O–H groups in total. The van der Waals surface area contributed by atoms with Gasteiger partial charge in [0.05, 0.1) is 13.2 Å². The summed E-state index contributed by atoms with van der Waals surface area (Å²) >= 11 is 1.43. The molecule has 3 rings (SSSR count). The van der Waals surface area contributed by atoms with E-state index < -0.39 is 15.9 Å². The number of hydrogen-bond acceptors (Lipinski definition) is 5. The Hall–Kier alpha value is -2.10. The molecule has 0 bridgehead atoms. The number of nitrogens with one attached hydrogen (secondary N) is 1. The van der Waals surface area contributed by atoms with Crippen LogP contribution in [-0.2, 0) is 10.0 Å². The maximum absolute atomic E-state index is 14.1. The molecule has 1 aliphatic heterocycles. The quantitative estimate of drug-likeness (QED) is 0.691. The van der Waals surface area contributed by atoms with Crippen molar-refractivity contribution in [1.82, 2.24) is 9.62 Å². The Morgan fingerprint density at radius 1 is 1.27 bits per heavy atom. The minimum atomic E-state index is -3.81. The summed E-state index contributed by atoms with van der Waals surface area (Å²) in [5.74, 6) is 0.150. The third kappa shape index (κ3) is 4.33. The van der Waals surface area contributed by atoms with E-state index in [9.17, 15) is 17.6 Å². The summed E-state index contributed by atoms with van der Waals surface area (Å²) in [5, 5.41) is 2.92. The van der Waals surface area contributed by atoms with E-state index in [1.165, 1.54) is 47.4 Å². The zero-order valence-corrected chi connectivity index (χ0v) is 18.8. The van der Waals surface area contributed by atoms with E-state index in [1.807, 2.05) is 0 Å². The predicted molar refractivity (Wildman–Crippen MR) is 115 cm³/mol. The van der Waals surface area contributed by atoms with E-state index in [1.54, 1.807) is 26.0 Å². The second kappa shape index (κ2) is 9.36. The molecule has 30 heavy (non-hydrogen) atoms. The van der Waals surface area contributed by atoms with Gasteiger partial charge in [-0.1, -0.05) is 26.0 Å². The van der Waals surface area contributed by atoms with Crippen LogP contribution in [0.3, 0.4) is 0 Å². The molecule has 1 aliphatic rings. The molecule has 0 fully saturated rings. The number of fused-ring (bicyclic) bond motifs is 1. The number of thioether (sulfide) groups is 1. The largest absolute Gasteiger partial charge is 0.495 e. The fraction of sp³-hybridized carbons (Fsp3) is 0.381. The first kappa shape index (κ1) is 22.6. The van der Waals surface area contributed by atoms with Crippen molar-refractivity contribution in [2.45, 2.75) is 36.1 Å². The fourth-order valence-electron chi connectivity index (χ4n) is 3.50. The number of amides is 1. The lowest BCUT2D eigenvalue weighted by atomic mass is 10.0. The number of ether oxygens (including phenoxy) is 1. The molecular weight excluding hydrogens is 427 g/mol. The number of hydrogen-bond donors (Lipinski definition) is 1. The van der Waals surface area contributed by atoms with Crippen molar-refractivity contribution in [3.05, 3.63) is 53.3 Å². The first-order valence-corrected chi connectivity index (χ1v) is 12.2. The smallest absolute Gasteiger partial charge is 0.251 e. The fourth-order valence-corrected chi connectivity index (χ4v) is 6.28. The Morgan fingerprint density at radius 3 is 2.67 bits per heavy atom. The van der Waals surface area contributed by atoms with Gasteiger partial charge in [-0.15, -0.1) is 11.8 Å². The number of halogens is 1. The molecule has 0 saturated heterocycles. The van der Waals surface area contributed by atoms with Crippen molar-refractivity contribution < 1.29 is 22.3 Å². The van der Waals surface area contributed by atoms with Crippen LogP contribution in [0.4, 0.5) is 4.39 Å². The molecule has 0 radical (unpaired) electrons. The summed E-state index contributed by atoms with van der Waals surface area (Å²) in [7, 11) is -2.42. The van der Waals surface area contributed by atoms with Gasteiger partial charge < -0.3 is 10.1 Å². The molecule has 0 saturated carbocycles. The summed E-state index contributed by atoms with van der Waals surface area (Å²) in [6, 6.07) is 8.85. The van der Waals surface area contributed by atoms with Crippen LogP contribution >= 0.6 is 11.8 Å². The molecule has 0 aliphatic carbocycles. The second-order valence-electron chi connectivity index (χ2n) is 6.78. The summed E-state index contributed by atoms with van der Waals surface area (Å²) in [6.07, 6.45) is 0.660. The lowest BCUT2D eigenvalue weighted by molar-refractivity contribution is 0.0934. The van der Waals surface area contributed by atoms with Crippen molar-refractivity contribution in [1.29, 1.82) is 0 Å². The first-order chi connectivity index (χ1) is 14.3. The minimum Gasteiger partial charge on any atom is -0.495 e. The molecule has 0 aromatic heterocycles. The summed E-state index contributed by atoms with van der Waals surface area (Å²) in [5.41, 5.74) is 0.946. The van der Waals surface area contributed by atoms with Gasteiger partial charge in [0.1, 0.15) is 16.5 Å². The van der Waals surface area contributed by atoms with Gasteiger partial charge >= 0.3 is 0 Å². The van der Waals surface area contributed by atoms with Gasteiger partial charge in [0, 0.05) is 29.3 Å². The van der Waals surface area contributed by atoms with Gasteiger partial charge in [0.2, 0.25) is 10.0 Å². The van der Waals surface area contributed by atoms with Crippen LogP contribution in [0.2, 0.25) is 0 Å². The third-order valence-corrected chi connectivity index (χ3v) is 8.31. The maximum Gasteiger partial charge on any atom is 0.251 e. The van der Waals surface area contributed by atoms with Gasteiger partial charge in [-0.3, -0.25) is 4.79 Å². The Balaban J connectivity index is 1.93. The number of carbonyl (C=O) groups excluding carboxylic acids is 1. The van der Waals surface area contributed by atoms with E-state index in [4.69, 9.17) is 4.74 Å². The standard InChI is InChI=1S/C21H25FN2O4S2/c1-4-24(5-2)30(26,27)19-13-14(9-10-18(19)28-3)21(25)23-17-11-12-29-20-15(17)7-6-8-16(20)22/h6-10,13,17H,4-5,11-12H2,1-3H3,(H,23,25). The molecule has 6 nitrogen and oxygen atoms in total. The average Bonchev–Trinajstić information content (AvgIpc) is 2.74. The van der Waals surface area contributed by atoms with Crippen molar-refractivity contribution in [3.8, 4) is 5.75 Å². The van der Waals surface area contributed by atoms with Gasteiger partial charge in [0.25, 0.3) is 5.91 Å². The number of sulfonamides is 1. The van der Waals surface area contributed by atoms with Crippen LogP contribution in [0.15, 0.2) is 46.2 Å². The van der Waals surface area contributed by atoms with E-state index >= 15 is 0 Å². The van der Waals surface area contributed by atoms with E-state index in [0.717, 1.165) is 5.56 Å². The highest BCUT2D eigenvalue weighted by Gasteiger charge is 2.28. The van der Waals surface area contributed by atoms with E-state index in [0.29, 0.717) is 30.2 Å². The van der Waals surface area contributed by atoms with Gasteiger partial charge in [-0.05, 0) is 36.2 Å². The molecule has 162 valence electrons. The van der Waals surface area contributed by atoms with Gasteiger partial charge in [-0.2, -0.15) is 4.31 Å². The minimum absolute atomic E-state index is 0.0491. The molecule has 1 heterocycles. The van der Waals surface area contributed by atoms with Crippen LogP contribution in [0, 0.1) is 5.82 Å². The number of nitrogens with zero attached hydrogens (tertiary/aromatic N) is 1. The molecule has 0 spiro atoms. The Bertz CT molecular complexity index is 1040. The highest BCUT2D eigenvalue weighted by molar-refractivity contribution is 7.99. The van der Waals surface area contributed by atoms with E-state index in [2.05, 4.69) is 5.32 Å². The molecule has 1 amide bonds. The number of rotatable bonds is 7. The zero-order chi connectivity index (χ0) is 21.9. The van der Waals surface area contributed by atoms with Crippen LogP contribution in [0.25, 0.3) is 0 Å². The van der Waals surface area contributed by atoms with Crippen LogP contribution < -0.4 is 10.1 Å². The van der Waals surface area contributed by atoms with Gasteiger partial charge in [-0.25, -0.2) is 12.8 Å². The summed E-state index contributed by atoms with van der Waals surface area (Å²) < 4.78 is 46.7. The normalized spacial score (nSPS) is 16.2. The van der Waals surface area contributed by atoms with Crippen molar-refractivity contribution in [3.63, 3.8) is 0 Å².